The molecule has 2 nitrogen and oxygen atoms in total. The van der Waals surface area contributed by atoms with Crippen molar-refractivity contribution in [3.05, 3.63) is 64.0 Å². The lowest BCUT2D eigenvalue weighted by atomic mass is 10.0. The van der Waals surface area contributed by atoms with Crippen LogP contribution in [0.25, 0.3) is 0 Å². The second-order valence-corrected chi connectivity index (χ2v) is 5.97. The quantitative estimate of drug-likeness (QED) is 0.841. The lowest BCUT2D eigenvalue weighted by Crippen LogP contribution is -2.19. The Morgan fingerprint density at radius 2 is 1.90 bits per heavy atom. The number of anilines is 1. The van der Waals surface area contributed by atoms with Gasteiger partial charge >= 0.3 is 0 Å². The molecule has 0 amide bonds. The first-order valence-electron chi connectivity index (χ1n) is 7.42. The number of fused-ring (bicyclic) bond motifs is 1. The van der Waals surface area contributed by atoms with Crippen molar-refractivity contribution >= 4 is 5.69 Å². The number of benzene rings is 2. The van der Waals surface area contributed by atoms with E-state index in [4.69, 9.17) is 5.73 Å². The molecule has 0 bridgehead atoms. The zero-order chi connectivity index (χ0) is 15.0. The van der Waals surface area contributed by atoms with Gasteiger partial charge in [-0.05, 0) is 66.6 Å². The molecule has 0 aromatic heterocycles. The van der Waals surface area contributed by atoms with Crippen molar-refractivity contribution in [3.8, 4) is 0 Å². The summed E-state index contributed by atoms with van der Waals surface area (Å²) in [5, 5.41) is 3.58. The molecule has 0 fully saturated rings. The van der Waals surface area contributed by atoms with E-state index in [0.29, 0.717) is 17.2 Å². The first kappa shape index (κ1) is 14.1. The van der Waals surface area contributed by atoms with E-state index in [1.807, 2.05) is 32.0 Å². The summed E-state index contributed by atoms with van der Waals surface area (Å²) < 4.78 is 13.7. The van der Waals surface area contributed by atoms with Gasteiger partial charge in [-0.1, -0.05) is 18.2 Å². The maximum Gasteiger partial charge on any atom is 0.129 e. The second kappa shape index (κ2) is 5.49. The Kier molecular flexibility index (Phi) is 3.68. The summed E-state index contributed by atoms with van der Waals surface area (Å²) in [4.78, 5) is 0. The summed E-state index contributed by atoms with van der Waals surface area (Å²) in [7, 11) is 0. The number of hydrogen-bond acceptors (Lipinski definition) is 2. The molecule has 3 rings (SSSR count). The Labute approximate surface area is 125 Å². The topological polar surface area (TPSA) is 38.0 Å². The Balaban J connectivity index is 1.73. The summed E-state index contributed by atoms with van der Waals surface area (Å²) in [6.45, 7) is 4.40. The minimum Gasteiger partial charge on any atom is -0.399 e. The van der Waals surface area contributed by atoms with E-state index < -0.39 is 0 Å². The Hall–Kier alpha value is -1.87. The fourth-order valence-electron chi connectivity index (χ4n) is 3.23. The highest BCUT2D eigenvalue weighted by atomic mass is 19.1. The lowest BCUT2D eigenvalue weighted by Gasteiger charge is -2.15. The fraction of sp³-hybridized carbons (Fsp3) is 0.333. The standard InChI is InChI=1S/C18H21FN2/c1-11-7-13(8-12(2)18(11)19)10-21-17-6-3-14-9-15(20)4-5-16(14)17/h4-5,7-9,17,21H,3,6,10,20H2,1-2H3. The van der Waals surface area contributed by atoms with Crippen molar-refractivity contribution in [2.24, 2.45) is 0 Å². The number of halogens is 1. The van der Waals surface area contributed by atoms with Crippen LogP contribution in [0, 0.1) is 19.7 Å². The van der Waals surface area contributed by atoms with Crippen LogP contribution in [-0.2, 0) is 13.0 Å². The van der Waals surface area contributed by atoms with Gasteiger partial charge in [-0.15, -0.1) is 0 Å². The first-order valence-corrected chi connectivity index (χ1v) is 7.42. The van der Waals surface area contributed by atoms with E-state index in [-0.39, 0.29) is 5.82 Å². The van der Waals surface area contributed by atoms with E-state index in [1.54, 1.807) is 0 Å². The summed E-state index contributed by atoms with van der Waals surface area (Å²) in [5.74, 6) is -0.0968. The van der Waals surface area contributed by atoms with Gasteiger partial charge in [0.25, 0.3) is 0 Å². The number of aryl methyl sites for hydroxylation is 3. The summed E-state index contributed by atoms with van der Waals surface area (Å²) in [5.41, 5.74) is 11.9. The van der Waals surface area contributed by atoms with Crippen LogP contribution in [0.2, 0.25) is 0 Å². The molecule has 21 heavy (non-hydrogen) atoms. The molecule has 2 aromatic rings. The van der Waals surface area contributed by atoms with Crippen LogP contribution in [-0.4, -0.2) is 0 Å². The highest BCUT2D eigenvalue weighted by Gasteiger charge is 2.21. The highest BCUT2D eigenvalue weighted by Crippen LogP contribution is 2.32. The van der Waals surface area contributed by atoms with E-state index in [0.717, 1.165) is 30.6 Å². The van der Waals surface area contributed by atoms with Gasteiger partial charge in [-0.2, -0.15) is 0 Å². The largest absolute Gasteiger partial charge is 0.399 e. The first-order chi connectivity index (χ1) is 10.0. The van der Waals surface area contributed by atoms with Crippen molar-refractivity contribution in [2.75, 3.05) is 5.73 Å². The molecular weight excluding hydrogens is 263 g/mol. The van der Waals surface area contributed by atoms with Gasteiger partial charge in [0.15, 0.2) is 0 Å². The molecule has 0 spiro atoms. The van der Waals surface area contributed by atoms with Crippen LogP contribution in [0.1, 0.15) is 40.3 Å². The highest BCUT2D eigenvalue weighted by molar-refractivity contribution is 5.47. The van der Waals surface area contributed by atoms with Crippen molar-refractivity contribution in [1.82, 2.24) is 5.32 Å². The maximum absolute atomic E-state index is 13.7. The summed E-state index contributed by atoms with van der Waals surface area (Å²) >= 11 is 0. The number of hydrogen-bond donors (Lipinski definition) is 2. The molecule has 0 aliphatic heterocycles. The molecule has 3 heteroatoms. The minimum absolute atomic E-state index is 0.0968. The van der Waals surface area contributed by atoms with Crippen LogP contribution in [0.3, 0.4) is 0 Å². The third kappa shape index (κ3) is 2.79. The predicted octanol–water partition coefficient (Wildman–Crippen LogP) is 3.80. The van der Waals surface area contributed by atoms with Gasteiger partial charge in [0, 0.05) is 18.3 Å². The molecule has 2 aromatic carbocycles. The molecule has 110 valence electrons. The zero-order valence-electron chi connectivity index (χ0n) is 12.5. The Morgan fingerprint density at radius 3 is 2.62 bits per heavy atom. The number of nitrogen functional groups attached to an aromatic ring is 1. The molecule has 0 saturated heterocycles. The minimum atomic E-state index is -0.0968. The number of nitrogens with one attached hydrogen (secondary N) is 1. The normalized spacial score (nSPS) is 17.0. The molecule has 1 aliphatic rings. The predicted molar refractivity (Wildman–Crippen MR) is 84.6 cm³/mol. The van der Waals surface area contributed by atoms with Crippen LogP contribution in [0.5, 0.6) is 0 Å². The molecule has 0 saturated carbocycles. The molecule has 0 heterocycles. The molecule has 3 N–H and O–H groups in total. The summed E-state index contributed by atoms with van der Waals surface area (Å²) in [6, 6.07) is 10.4. The molecule has 1 unspecified atom stereocenters. The van der Waals surface area contributed by atoms with Gasteiger partial charge in [0.1, 0.15) is 5.82 Å². The number of rotatable bonds is 3. The van der Waals surface area contributed by atoms with E-state index in [2.05, 4.69) is 17.4 Å². The van der Waals surface area contributed by atoms with Crippen molar-refractivity contribution < 1.29 is 4.39 Å². The average molecular weight is 284 g/mol. The molecular formula is C18H21FN2. The van der Waals surface area contributed by atoms with Crippen molar-refractivity contribution in [2.45, 2.75) is 39.3 Å². The zero-order valence-corrected chi connectivity index (χ0v) is 12.5. The Morgan fingerprint density at radius 1 is 1.19 bits per heavy atom. The van der Waals surface area contributed by atoms with Crippen LogP contribution >= 0.6 is 0 Å². The molecule has 1 aliphatic carbocycles. The van der Waals surface area contributed by atoms with E-state index in [9.17, 15) is 4.39 Å². The third-order valence-electron chi connectivity index (χ3n) is 4.29. The van der Waals surface area contributed by atoms with Crippen LogP contribution in [0.4, 0.5) is 10.1 Å². The van der Waals surface area contributed by atoms with E-state index >= 15 is 0 Å². The fourth-order valence-corrected chi connectivity index (χ4v) is 3.23. The SMILES string of the molecule is Cc1cc(CNC2CCc3cc(N)ccc32)cc(C)c1F. The lowest BCUT2D eigenvalue weighted by molar-refractivity contribution is 0.529. The average Bonchev–Trinajstić information content (AvgIpc) is 2.84. The van der Waals surface area contributed by atoms with Gasteiger partial charge in [-0.3, -0.25) is 0 Å². The third-order valence-corrected chi connectivity index (χ3v) is 4.29. The van der Waals surface area contributed by atoms with Crippen molar-refractivity contribution in [3.63, 3.8) is 0 Å². The van der Waals surface area contributed by atoms with Crippen LogP contribution < -0.4 is 11.1 Å². The van der Waals surface area contributed by atoms with Gasteiger partial charge < -0.3 is 11.1 Å². The van der Waals surface area contributed by atoms with Gasteiger partial charge in [-0.25, -0.2) is 4.39 Å². The molecule has 1 atom stereocenters. The maximum atomic E-state index is 13.7. The van der Waals surface area contributed by atoms with E-state index in [1.165, 1.54) is 11.1 Å². The van der Waals surface area contributed by atoms with Crippen LogP contribution in [0.15, 0.2) is 30.3 Å². The van der Waals surface area contributed by atoms with Gasteiger partial charge in [0.05, 0.1) is 0 Å². The monoisotopic (exact) mass is 284 g/mol. The second-order valence-electron chi connectivity index (χ2n) is 5.97. The smallest absolute Gasteiger partial charge is 0.129 e. The number of nitrogens with two attached hydrogens (primary N) is 1. The van der Waals surface area contributed by atoms with Crippen molar-refractivity contribution in [1.29, 1.82) is 0 Å². The molecule has 0 radical (unpaired) electrons. The summed E-state index contributed by atoms with van der Waals surface area (Å²) in [6.07, 6.45) is 2.16. The van der Waals surface area contributed by atoms with Gasteiger partial charge in [0.2, 0.25) is 0 Å². The Bertz CT molecular complexity index is 656.